The van der Waals surface area contributed by atoms with Gasteiger partial charge in [-0.1, -0.05) is 24.8 Å². The first-order valence-electron chi connectivity index (χ1n) is 10.3. The van der Waals surface area contributed by atoms with Gasteiger partial charge in [0.05, 0.1) is 22.3 Å². The number of nitrogens with zero attached hydrogens (tertiary/aromatic N) is 1. The van der Waals surface area contributed by atoms with Crippen molar-refractivity contribution in [1.82, 2.24) is 15.3 Å². The minimum absolute atomic E-state index is 0.145. The summed E-state index contributed by atoms with van der Waals surface area (Å²) in [5.41, 5.74) is 2.85. The smallest absolute Gasteiger partial charge is 0.255 e. The van der Waals surface area contributed by atoms with E-state index in [1.807, 2.05) is 39.8 Å². The fraction of sp³-hybridized carbons (Fsp3) is 0.192. The number of fused-ring (bicyclic) bond motifs is 2. The van der Waals surface area contributed by atoms with Crippen LogP contribution in [0, 0.1) is 12.7 Å². The minimum atomic E-state index is -0.843. The summed E-state index contributed by atoms with van der Waals surface area (Å²) >= 11 is 0. The van der Waals surface area contributed by atoms with E-state index in [0.29, 0.717) is 22.1 Å². The molecule has 0 aliphatic heterocycles. The summed E-state index contributed by atoms with van der Waals surface area (Å²) < 4.78 is 14.9. The molecule has 0 saturated carbocycles. The number of rotatable bonds is 4. The number of para-hydroxylation sites is 1. The van der Waals surface area contributed by atoms with Crippen LogP contribution >= 0.6 is 0 Å². The molecular formula is C26H24FN3O2. The van der Waals surface area contributed by atoms with E-state index in [2.05, 4.69) is 21.9 Å². The van der Waals surface area contributed by atoms with Crippen LogP contribution in [0.2, 0.25) is 0 Å². The summed E-state index contributed by atoms with van der Waals surface area (Å²) in [5.74, 6) is -1.34. The van der Waals surface area contributed by atoms with Crippen LogP contribution in [-0.4, -0.2) is 15.9 Å². The van der Waals surface area contributed by atoms with Gasteiger partial charge in [0.15, 0.2) is 5.43 Å². The van der Waals surface area contributed by atoms with Crippen molar-refractivity contribution in [2.24, 2.45) is 0 Å². The average Bonchev–Trinajstić information content (AvgIpc) is 2.73. The molecule has 0 aliphatic carbocycles. The summed E-state index contributed by atoms with van der Waals surface area (Å²) in [6.45, 7) is 11.4. The van der Waals surface area contributed by atoms with E-state index >= 15 is 0 Å². The molecule has 0 atom stereocenters. The fourth-order valence-electron chi connectivity index (χ4n) is 3.92. The third-order valence-electron chi connectivity index (χ3n) is 5.58. The van der Waals surface area contributed by atoms with Gasteiger partial charge >= 0.3 is 0 Å². The molecule has 162 valence electrons. The van der Waals surface area contributed by atoms with Crippen LogP contribution in [0.5, 0.6) is 0 Å². The number of nitrogens with one attached hydrogen (secondary N) is 2. The number of H-pyrrole nitrogens is 1. The van der Waals surface area contributed by atoms with Gasteiger partial charge in [-0.3, -0.25) is 14.6 Å². The van der Waals surface area contributed by atoms with Gasteiger partial charge in [0.1, 0.15) is 5.82 Å². The van der Waals surface area contributed by atoms with Crippen molar-refractivity contribution in [2.45, 2.75) is 33.2 Å². The molecule has 0 aliphatic rings. The number of aromatic amines is 1. The maximum absolute atomic E-state index is 14.9. The lowest BCUT2D eigenvalue weighted by Crippen LogP contribution is -2.42. The van der Waals surface area contributed by atoms with E-state index in [0.717, 1.165) is 22.9 Å². The number of hydrogen-bond donors (Lipinski definition) is 2. The standard InChI is InChI=1S/C26H24FN3O2/c1-14(2)23-19(11-10-15(3)28-23)26(4,5)30-25(32)17-13-22-18(12-20(17)27)24(31)16-8-6-7-9-21(16)29-22/h6-13H,1H2,2-5H3,(H,29,31)(H,30,32). The lowest BCUT2D eigenvalue weighted by Gasteiger charge is -2.29. The zero-order valence-electron chi connectivity index (χ0n) is 18.5. The molecular weight excluding hydrogens is 405 g/mol. The molecule has 6 heteroatoms. The van der Waals surface area contributed by atoms with Gasteiger partial charge in [-0.05, 0) is 63.6 Å². The molecule has 0 saturated heterocycles. The van der Waals surface area contributed by atoms with Crippen molar-refractivity contribution in [2.75, 3.05) is 0 Å². The van der Waals surface area contributed by atoms with Gasteiger partial charge < -0.3 is 10.3 Å². The Morgan fingerprint density at radius 2 is 1.81 bits per heavy atom. The SMILES string of the molecule is C=C(C)c1nc(C)ccc1C(C)(C)NC(=O)c1cc2[nH]c3ccccc3c(=O)c2cc1F. The quantitative estimate of drug-likeness (QED) is 0.437. The van der Waals surface area contributed by atoms with Crippen LogP contribution in [0.3, 0.4) is 0 Å². The second-order valence-corrected chi connectivity index (χ2v) is 8.59. The summed E-state index contributed by atoms with van der Waals surface area (Å²) in [5, 5.41) is 3.58. The van der Waals surface area contributed by atoms with Crippen LogP contribution < -0.4 is 10.7 Å². The average molecular weight is 429 g/mol. The molecule has 4 rings (SSSR count). The number of carbonyl (C=O) groups excluding carboxylic acids is 1. The monoisotopic (exact) mass is 429 g/mol. The van der Waals surface area contributed by atoms with Crippen LogP contribution in [0.15, 0.2) is 59.9 Å². The number of hydrogen-bond acceptors (Lipinski definition) is 3. The Balaban J connectivity index is 1.77. The first-order chi connectivity index (χ1) is 15.1. The molecule has 0 radical (unpaired) electrons. The van der Waals surface area contributed by atoms with Gasteiger partial charge in [0.25, 0.3) is 5.91 Å². The van der Waals surface area contributed by atoms with Gasteiger partial charge in [-0.2, -0.15) is 0 Å². The zero-order valence-corrected chi connectivity index (χ0v) is 18.5. The minimum Gasteiger partial charge on any atom is -0.354 e. The Labute approximate surface area is 185 Å². The Morgan fingerprint density at radius 1 is 1.09 bits per heavy atom. The lowest BCUT2D eigenvalue weighted by atomic mass is 9.90. The van der Waals surface area contributed by atoms with Crippen molar-refractivity contribution in [3.8, 4) is 0 Å². The number of amides is 1. The maximum Gasteiger partial charge on any atom is 0.255 e. The highest BCUT2D eigenvalue weighted by Crippen LogP contribution is 2.28. The number of halogens is 1. The largest absolute Gasteiger partial charge is 0.354 e. The zero-order chi connectivity index (χ0) is 23.2. The number of allylic oxidation sites excluding steroid dienone is 1. The van der Waals surface area contributed by atoms with E-state index in [1.54, 1.807) is 24.3 Å². The van der Waals surface area contributed by atoms with Crippen LogP contribution in [0.25, 0.3) is 27.4 Å². The van der Waals surface area contributed by atoms with Crippen molar-refractivity contribution in [1.29, 1.82) is 0 Å². The Morgan fingerprint density at radius 3 is 2.53 bits per heavy atom. The Bertz CT molecular complexity index is 1470. The number of carbonyl (C=O) groups is 1. The molecule has 0 unspecified atom stereocenters. The van der Waals surface area contributed by atoms with Crippen molar-refractivity contribution < 1.29 is 9.18 Å². The molecule has 4 aromatic rings. The summed E-state index contributed by atoms with van der Waals surface area (Å²) in [4.78, 5) is 33.6. The van der Waals surface area contributed by atoms with Gasteiger partial charge in [0.2, 0.25) is 0 Å². The molecule has 0 fully saturated rings. The number of aromatic nitrogens is 2. The molecule has 1 amide bonds. The summed E-state index contributed by atoms with van der Waals surface area (Å²) in [7, 11) is 0. The van der Waals surface area contributed by atoms with Gasteiger partial charge in [0, 0.05) is 27.5 Å². The highest BCUT2D eigenvalue weighted by molar-refractivity contribution is 6.00. The maximum atomic E-state index is 14.9. The van der Waals surface area contributed by atoms with Gasteiger partial charge in [-0.15, -0.1) is 0 Å². The van der Waals surface area contributed by atoms with E-state index in [-0.39, 0.29) is 16.4 Å². The normalized spacial score (nSPS) is 11.7. The molecule has 32 heavy (non-hydrogen) atoms. The molecule has 2 aromatic carbocycles. The van der Waals surface area contributed by atoms with Crippen LogP contribution in [0.1, 0.15) is 48.1 Å². The third-order valence-corrected chi connectivity index (χ3v) is 5.58. The number of aryl methyl sites for hydroxylation is 1. The highest BCUT2D eigenvalue weighted by Gasteiger charge is 2.28. The predicted molar refractivity (Wildman–Crippen MR) is 126 cm³/mol. The third kappa shape index (κ3) is 3.68. The highest BCUT2D eigenvalue weighted by atomic mass is 19.1. The van der Waals surface area contributed by atoms with Crippen molar-refractivity contribution >= 4 is 33.3 Å². The second-order valence-electron chi connectivity index (χ2n) is 8.59. The predicted octanol–water partition coefficient (Wildman–Crippen LogP) is 5.22. The van der Waals surface area contributed by atoms with E-state index in [1.165, 1.54) is 6.07 Å². The number of pyridine rings is 2. The molecule has 5 nitrogen and oxygen atoms in total. The van der Waals surface area contributed by atoms with Gasteiger partial charge in [-0.25, -0.2) is 4.39 Å². The molecule has 0 bridgehead atoms. The van der Waals surface area contributed by atoms with E-state index < -0.39 is 17.3 Å². The van der Waals surface area contributed by atoms with Crippen molar-refractivity contribution in [3.05, 3.63) is 93.7 Å². The summed E-state index contributed by atoms with van der Waals surface area (Å²) in [6.07, 6.45) is 0. The Kier molecular flexibility index (Phi) is 5.17. The second kappa shape index (κ2) is 7.71. The lowest BCUT2D eigenvalue weighted by molar-refractivity contribution is 0.0908. The van der Waals surface area contributed by atoms with E-state index in [4.69, 9.17) is 0 Å². The molecule has 2 heterocycles. The summed E-state index contributed by atoms with van der Waals surface area (Å²) in [6, 6.07) is 13.3. The number of benzene rings is 2. The van der Waals surface area contributed by atoms with Crippen LogP contribution in [0.4, 0.5) is 4.39 Å². The molecule has 2 aromatic heterocycles. The Hall–Kier alpha value is -3.80. The first-order valence-corrected chi connectivity index (χ1v) is 10.3. The van der Waals surface area contributed by atoms with E-state index in [9.17, 15) is 14.0 Å². The topological polar surface area (TPSA) is 74.8 Å². The van der Waals surface area contributed by atoms with Crippen molar-refractivity contribution in [3.63, 3.8) is 0 Å². The fourth-order valence-corrected chi connectivity index (χ4v) is 3.92. The van der Waals surface area contributed by atoms with Crippen LogP contribution in [-0.2, 0) is 5.54 Å². The molecule has 2 N–H and O–H groups in total. The molecule has 0 spiro atoms. The first kappa shape index (κ1) is 21.4.